The quantitative estimate of drug-likeness (QED) is 0.870. The van der Waals surface area contributed by atoms with Crippen molar-refractivity contribution in [3.05, 3.63) is 22.4 Å². The van der Waals surface area contributed by atoms with Gasteiger partial charge in [-0.3, -0.25) is 4.79 Å². The zero-order valence-electron chi connectivity index (χ0n) is 12.5. The van der Waals surface area contributed by atoms with Crippen LogP contribution in [0.5, 0.6) is 0 Å². The van der Waals surface area contributed by atoms with Crippen LogP contribution in [0, 0.1) is 5.92 Å². The molecule has 1 aromatic rings. The number of ether oxygens (including phenoxy) is 1. The lowest BCUT2D eigenvalue weighted by molar-refractivity contribution is -0.149. The smallest absolute Gasteiger partial charge is 0.317 e. The first-order valence-corrected chi connectivity index (χ1v) is 8.25. The number of hydrogen-bond acceptors (Lipinski definition) is 4. The molecular formula is C15H22N2O3S. The number of thiophene rings is 1. The maximum atomic E-state index is 12.3. The molecule has 1 aromatic heterocycles. The van der Waals surface area contributed by atoms with E-state index in [1.807, 2.05) is 24.4 Å². The first-order chi connectivity index (χ1) is 10.1. The summed E-state index contributed by atoms with van der Waals surface area (Å²) in [7, 11) is 0. The molecule has 2 rings (SSSR count). The fourth-order valence-corrected chi connectivity index (χ4v) is 3.23. The Morgan fingerprint density at radius 2 is 2.38 bits per heavy atom. The number of urea groups is 1. The molecule has 1 aliphatic heterocycles. The Morgan fingerprint density at radius 1 is 1.57 bits per heavy atom. The van der Waals surface area contributed by atoms with Gasteiger partial charge in [0.25, 0.3) is 0 Å². The summed E-state index contributed by atoms with van der Waals surface area (Å²) in [6.07, 6.45) is 1.63. The van der Waals surface area contributed by atoms with E-state index in [1.54, 1.807) is 23.2 Å². The van der Waals surface area contributed by atoms with E-state index in [0.29, 0.717) is 19.7 Å². The predicted molar refractivity (Wildman–Crippen MR) is 82.2 cm³/mol. The third kappa shape index (κ3) is 4.20. The molecule has 21 heavy (non-hydrogen) atoms. The van der Waals surface area contributed by atoms with Crippen molar-refractivity contribution >= 4 is 23.3 Å². The maximum absolute atomic E-state index is 12.3. The number of amides is 2. The van der Waals surface area contributed by atoms with Gasteiger partial charge in [0.15, 0.2) is 0 Å². The lowest BCUT2D eigenvalue weighted by Gasteiger charge is -2.32. The van der Waals surface area contributed by atoms with E-state index in [0.717, 1.165) is 17.7 Å². The molecule has 5 nitrogen and oxygen atoms in total. The molecule has 1 N–H and O–H groups in total. The summed E-state index contributed by atoms with van der Waals surface area (Å²) >= 11 is 1.62. The summed E-state index contributed by atoms with van der Waals surface area (Å²) in [6, 6.07) is 3.86. The number of carbonyl (C=O) groups excluding carboxylic acids is 2. The van der Waals surface area contributed by atoms with Gasteiger partial charge in [0.1, 0.15) is 0 Å². The van der Waals surface area contributed by atoms with Crippen LogP contribution in [0.1, 0.15) is 37.6 Å². The molecule has 0 aliphatic carbocycles. The summed E-state index contributed by atoms with van der Waals surface area (Å²) in [5.74, 6) is -0.386. The van der Waals surface area contributed by atoms with Crippen LogP contribution >= 0.6 is 11.3 Å². The van der Waals surface area contributed by atoms with Gasteiger partial charge in [-0.2, -0.15) is 0 Å². The van der Waals surface area contributed by atoms with Crippen LogP contribution in [0.15, 0.2) is 17.5 Å². The third-order valence-corrected chi connectivity index (χ3v) is 4.69. The summed E-state index contributed by atoms with van der Waals surface area (Å²) in [5.41, 5.74) is 0. The topological polar surface area (TPSA) is 58.6 Å². The lowest BCUT2D eigenvalue weighted by Crippen LogP contribution is -2.47. The fourth-order valence-electron chi connectivity index (χ4n) is 2.50. The first-order valence-electron chi connectivity index (χ1n) is 7.37. The highest BCUT2D eigenvalue weighted by atomic mass is 32.1. The highest BCUT2D eigenvalue weighted by Crippen LogP contribution is 2.21. The minimum atomic E-state index is -0.193. The second kappa shape index (κ2) is 7.45. The normalized spacial score (nSPS) is 19.9. The second-order valence-corrected chi connectivity index (χ2v) is 6.20. The van der Waals surface area contributed by atoms with Crippen LogP contribution in [-0.4, -0.2) is 36.6 Å². The van der Waals surface area contributed by atoms with Crippen LogP contribution in [0.4, 0.5) is 4.79 Å². The Bertz CT molecular complexity index is 475. The van der Waals surface area contributed by atoms with E-state index in [-0.39, 0.29) is 24.0 Å². The fraction of sp³-hybridized carbons (Fsp3) is 0.600. The van der Waals surface area contributed by atoms with Gasteiger partial charge in [0, 0.05) is 18.0 Å². The largest absolute Gasteiger partial charge is 0.466 e. The van der Waals surface area contributed by atoms with Crippen LogP contribution in [0.2, 0.25) is 0 Å². The number of nitrogens with one attached hydrogen (secondary N) is 1. The van der Waals surface area contributed by atoms with Crippen molar-refractivity contribution in [1.82, 2.24) is 10.2 Å². The third-order valence-electron chi connectivity index (χ3n) is 3.64. The maximum Gasteiger partial charge on any atom is 0.317 e. The van der Waals surface area contributed by atoms with Crippen LogP contribution in [0.25, 0.3) is 0 Å². The average Bonchev–Trinajstić information content (AvgIpc) is 3.02. The van der Waals surface area contributed by atoms with Crippen molar-refractivity contribution in [3.8, 4) is 0 Å². The molecule has 1 saturated heterocycles. The van der Waals surface area contributed by atoms with E-state index >= 15 is 0 Å². The Morgan fingerprint density at radius 3 is 3.05 bits per heavy atom. The van der Waals surface area contributed by atoms with Crippen LogP contribution in [-0.2, 0) is 9.53 Å². The highest BCUT2D eigenvalue weighted by molar-refractivity contribution is 7.10. The van der Waals surface area contributed by atoms with Crippen LogP contribution < -0.4 is 5.32 Å². The Hall–Kier alpha value is -1.56. The van der Waals surface area contributed by atoms with Gasteiger partial charge >= 0.3 is 12.0 Å². The highest BCUT2D eigenvalue weighted by Gasteiger charge is 2.29. The molecule has 0 aromatic carbocycles. The molecule has 2 heterocycles. The number of rotatable bonds is 4. The van der Waals surface area contributed by atoms with Gasteiger partial charge < -0.3 is 15.0 Å². The zero-order valence-corrected chi connectivity index (χ0v) is 13.3. The molecule has 0 saturated carbocycles. The van der Waals surface area contributed by atoms with E-state index in [4.69, 9.17) is 4.74 Å². The molecule has 1 aliphatic rings. The zero-order chi connectivity index (χ0) is 15.2. The molecule has 2 atom stereocenters. The number of likely N-dealkylation sites (tertiary alicyclic amines) is 1. The van der Waals surface area contributed by atoms with Crippen LogP contribution in [0.3, 0.4) is 0 Å². The average molecular weight is 310 g/mol. The minimum Gasteiger partial charge on any atom is -0.466 e. The van der Waals surface area contributed by atoms with Crippen molar-refractivity contribution in [2.24, 2.45) is 5.92 Å². The summed E-state index contributed by atoms with van der Waals surface area (Å²) in [6.45, 7) is 5.29. The molecule has 2 amide bonds. The van der Waals surface area contributed by atoms with Gasteiger partial charge in [0.2, 0.25) is 0 Å². The van der Waals surface area contributed by atoms with Gasteiger partial charge in [-0.15, -0.1) is 11.3 Å². The van der Waals surface area contributed by atoms with E-state index < -0.39 is 0 Å². The van der Waals surface area contributed by atoms with Crippen molar-refractivity contribution < 1.29 is 14.3 Å². The predicted octanol–water partition coefficient (Wildman–Crippen LogP) is 2.79. The number of piperidine rings is 1. The van der Waals surface area contributed by atoms with Gasteiger partial charge in [-0.05, 0) is 38.1 Å². The lowest BCUT2D eigenvalue weighted by atomic mass is 9.98. The molecule has 116 valence electrons. The SMILES string of the molecule is CCOC(=O)C1CCCN(C(=O)NC(C)c2cccs2)C1. The van der Waals surface area contributed by atoms with Crippen molar-refractivity contribution in [2.45, 2.75) is 32.7 Å². The number of carbonyl (C=O) groups is 2. The molecule has 0 bridgehead atoms. The summed E-state index contributed by atoms with van der Waals surface area (Å²) in [5, 5.41) is 4.98. The minimum absolute atomic E-state index is 0.0135. The standard InChI is InChI=1S/C15H22N2O3S/c1-3-20-14(18)12-6-4-8-17(10-12)15(19)16-11(2)13-7-5-9-21-13/h5,7,9,11-12H,3-4,6,8,10H2,1-2H3,(H,16,19). The molecule has 0 radical (unpaired) electrons. The molecule has 1 fully saturated rings. The Labute approximate surface area is 129 Å². The number of hydrogen-bond donors (Lipinski definition) is 1. The van der Waals surface area contributed by atoms with Crippen molar-refractivity contribution in [1.29, 1.82) is 0 Å². The molecule has 6 heteroatoms. The number of esters is 1. The van der Waals surface area contributed by atoms with E-state index in [2.05, 4.69) is 5.32 Å². The second-order valence-electron chi connectivity index (χ2n) is 5.22. The monoisotopic (exact) mass is 310 g/mol. The molecule has 2 unspecified atom stereocenters. The summed E-state index contributed by atoms with van der Waals surface area (Å²) in [4.78, 5) is 26.9. The van der Waals surface area contributed by atoms with E-state index in [9.17, 15) is 9.59 Å². The molecule has 0 spiro atoms. The molecular weight excluding hydrogens is 288 g/mol. The van der Waals surface area contributed by atoms with Gasteiger partial charge in [0.05, 0.1) is 18.6 Å². The van der Waals surface area contributed by atoms with E-state index in [1.165, 1.54) is 0 Å². The summed E-state index contributed by atoms with van der Waals surface area (Å²) < 4.78 is 5.05. The Kier molecular flexibility index (Phi) is 5.61. The van der Waals surface area contributed by atoms with Gasteiger partial charge in [-0.25, -0.2) is 4.79 Å². The Balaban J connectivity index is 1.88. The van der Waals surface area contributed by atoms with Crippen molar-refractivity contribution in [3.63, 3.8) is 0 Å². The van der Waals surface area contributed by atoms with Crippen molar-refractivity contribution in [2.75, 3.05) is 19.7 Å². The number of nitrogens with zero attached hydrogens (tertiary/aromatic N) is 1. The first kappa shape index (κ1) is 15.8. The van der Waals surface area contributed by atoms with Gasteiger partial charge in [-0.1, -0.05) is 6.07 Å².